The number of nitrogens with one attached hydrogen (secondary N) is 1. The molecule has 7 nitrogen and oxygen atoms in total. The van der Waals surface area contributed by atoms with Crippen molar-refractivity contribution in [2.24, 2.45) is 0 Å². The predicted molar refractivity (Wildman–Crippen MR) is 127 cm³/mol. The molecular weight excluding hydrogens is 402 g/mol. The van der Waals surface area contributed by atoms with Crippen molar-refractivity contribution in [3.63, 3.8) is 0 Å². The molecule has 166 valence electrons. The third-order valence-electron chi connectivity index (χ3n) is 6.45. The average molecular weight is 432 g/mol. The van der Waals surface area contributed by atoms with Crippen LogP contribution in [0, 0.1) is 0 Å². The number of carbonyl (C=O) groups is 1. The molecule has 4 aromatic rings. The van der Waals surface area contributed by atoms with Crippen LogP contribution in [0.15, 0.2) is 59.0 Å². The molecular formula is C25H29N5O2. The Balaban J connectivity index is 1.20. The van der Waals surface area contributed by atoms with Crippen LogP contribution in [0.5, 0.6) is 0 Å². The predicted octanol–water partition coefficient (Wildman–Crippen LogP) is 4.04. The Morgan fingerprint density at radius 1 is 1.12 bits per heavy atom. The summed E-state index contributed by atoms with van der Waals surface area (Å²) in [6.45, 7) is 5.92. The van der Waals surface area contributed by atoms with Gasteiger partial charge in [0.05, 0.1) is 23.6 Å². The smallest absolute Gasteiger partial charge is 0.237 e. The molecule has 2 aromatic carbocycles. The molecule has 0 spiro atoms. The molecule has 0 bridgehead atoms. The molecule has 0 radical (unpaired) electrons. The van der Waals surface area contributed by atoms with Crippen molar-refractivity contribution in [3.8, 4) is 0 Å². The molecule has 0 saturated carbocycles. The maximum absolute atomic E-state index is 13.0. The third kappa shape index (κ3) is 4.08. The van der Waals surface area contributed by atoms with Gasteiger partial charge in [-0.2, -0.15) is 0 Å². The summed E-state index contributed by atoms with van der Waals surface area (Å²) in [5.41, 5.74) is 2.90. The lowest BCUT2D eigenvalue weighted by Crippen LogP contribution is -2.41. The second-order valence-electron chi connectivity index (χ2n) is 8.56. The first-order valence-corrected chi connectivity index (χ1v) is 11.2. The van der Waals surface area contributed by atoms with E-state index in [1.165, 1.54) is 0 Å². The number of para-hydroxylation sites is 3. The average Bonchev–Trinajstić information content (AvgIpc) is 3.37. The Hall–Kier alpha value is -3.32. The van der Waals surface area contributed by atoms with Crippen LogP contribution in [0.4, 0.5) is 5.95 Å². The third-order valence-corrected chi connectivity index (χ3v) is 6.45. The topological polar surface area (TPSA) is 68.6 Å². The molecule has 1 aliphatic heterocycles. The number of hydrogen-bond donors (Lipinski definition) is 1. The molecule has 1 N–H and O–H groups in total. The molecule has 1 unspecified atom stereocenters. The van der Waals surface area contributed by atoms with Gasteiger partial charge >= 0.3 is 0 Å². The van der Waals surface area contributed by atoms with Crippen molar-refractivity contribution < 1.29 is 9.21 Å². The minimum Gasteiger partial charge on any atom is -0.459 e. The first-order chi connectivity index (χ1) is 15.6. The monoisotopic (exact) mass is 431 g/mol. The number of benzene rings is 2. The van der Waals surface area contributed by atoms with E-state index in [0.29, 0.717) is 6.54 Å². The Kier molecular flexibility index (Phi) is 5.57. The van der Waals surface area contributed by atoms with E-state index in [-0.39, 0.29) is 11.9 Å². The largest absolute Gasteiger partial charge is 0.459 e. The number of furan rings is 1. The van der Waals surface area contributed by atoms with Crippen molar-refractivity contribution in [1.29, 1.82) is 0 Å². The number of aromatic amines is 1. The Labute approximate surface area is 187 Å². The van der Waals surface area contributed by atoms with Crippen LogP contribution in [-0.2, 0) is 4.79 Å². The van der Waals surface area contributed by atoms with Crippen LogP contribution in [0.1, 0.15) is 25.1 Å². The van der Waals surface area contributed by atoms with Crippen molar-refractivity contribution >= 4 is 33.9 Å². The van der Waals surface area contributed by atoms with Crippen molar-refractivity contribution in [2.45, 2.75) is 19.4 Å². The van der Waals surface area contributed by atoms with Gasteiger partial charge in [-0.1, -0.05) is 30.3 Å². The molecule has 1 atom stereocenters. The van der Waals surface area contributed by atoms with E-state index in [1.54, 1.807) is 4.90 Å². The molecule has 1 saturated heterocycles. The fourth-order valence-electron chi connectivity index (χ4n) is 4.35. The molecule has 0 aliphatic carbocycles. The number of amides is 1. The summed E-state index contributed by atoms with van der Waals surface area (Å²) < 4.78 is 5.97. The van der Waals surface area contributed by atoms with E-state index < -0.39 is 0 Å². The van der Waals surface area contributed by atoms with Gasteiger partial charge in [0.15, 0.2) is 0 Å². The highest BCUT2D eigenvalue weighted by molar-refractivity contribution is 5.80. The normalized spacial score (nSPS) is 16.4. The zero-order chi connectivity index (χ0) is 22.1. The number of likely N-dealkylation sites (N-methyl/N-ethyl adjacent to an activating group) is 1. The summed E-state index contributed by atoms with van der Waals surface area (Å²) in [6.07, 6.45) is 0.993. The number of aromatic nitrogens is 2. The van der Waals surface area contributed by atoms with Gasteiger partial charge in [-0.15, -0.1) is 0 Å². The van der Waals surface area contributed by atoms with Gasteiger partial charge in [0.25, 0.3) is 0 Å². The van der Waals surface area contributed by atoms with Gasteiger partial charge in [0.2, 0.25) is 11.9 Å². The van der Waals surface area contributed by atoms with Crippen molar-refractivity contribution in [2.75, 3.05) is 44.7 Å². The molecule has 7 heteroatoms. The van der Waals surface area contributed by atoms with Crippen molar-refractivity contribution in [3.05, 3.63) is 60.4 Å². The van der Waals surface area contributed by atoms with E-state index in [2.05, 4.69) is 14.8 Å². The Morgan fingerprint density at radius 3 is 2.78 bits per heavy atom. The highest BCUT2D eigenvalue weighted by atomic mass is 16.3. The van der Waals surface area contributed by atoms with E-state index in [1.807, 2.05) is 68.6 Å². The van der Waals surface area contributed by atoms with E-state index in [4.69, 9.17) is 9.40 Å². The number of hydrogen-bond acceptors (Lipinski definition) is 5. The fourth-order valence-corrected chi connectivity index (χ4v) is 4.35. The second kappa shape index (κ2) is 8.67. The molecule has 5 rings (SSSR count). The van der Waals surface area contributed by atoms with Gasteiger partial charge in [0, 0.05) is 38.6 Å². The summed E-state index contributed by atoms with van der Waals surface area (Å²) in [6, 6.07) is 18.0. The summed E-state index contributed by atoms with van der Waals surface area (Å²) in [5.74, 6) is 1.83. The highest BCUT2D eigenvalue weighted by Gasteiger charge is 2.24. The number of carbonyl (C=O) groups excluding carboxylic acids is 1. The zero-order valence-corrected chi connectivity index (χ0v) is 18.6. The van der Waals surface area contributed by atoms with E-state index in [9.17, 15) is 4.79 Å². The second-order valence-corrected chi connectivity index (χ2v) is 8.56. The molecule has 3 heterocycles. The van der Waals surface area contributed by atoms with E-state index in [0.717, 1.165) is 66.3 Å². The molecule has 1 amide bonds. The quantitative estimate of drug-likeness (QED) is 0.517. The number of imidazole rings is 1. The number of fused-ring (bicyclic) bond motifs is 2. The standard InChI is InChI=1S/C25H29N5O2/c1-18(23-16-19-8-3-6-11-22(19)32-23)28(2)24(31)17-29-12-7-13-30(15-14-29)25-26-20-9-4-5-10-21(20)27-25/h3-6,8-11,16,18H,7,12-15,17H2,1-2H3,(H,26,27). The number of rotatable bonds is 5. The molecule has 1 aliphatic rings. The van der Waals surface area contributed by atoms with Crippen LogP contribution in [0.3, 0.4) is 0 Å². The SMILES string of the molecule is CC(c1cc2ccccc2o1)N(C)C(=O)CN1CCCN(c2nc3ccccc3[nH]2)CC1. The Morgan fingerprint density at radius 2 is 1.94 bits per heavy atom. The first kappa shape index (κ1) is 20.6. The summed E-state index contributed by atoms with van der Waals surface area (Å²) in [4.78, 5) is 27.5. The molecule has 1 fully saturated rings. The lowest BCUT2D eigenvalue weighted by molar-refractivity contribution is -0.133. The van der Waals surface area contributed by atoms with Crippen LogP contribution in [0.25, 0.3) is 22.0 Å². The van der Waals surface area contributed by atoms with Gasteiger partial charge in [-0.3, -0.25) is 9.69 Å². The van der Waals surface area contributed by atoms with Crippen LogP contribution < -0.4 is 4.90 Å². The number of H-pyrrole nitrogens is 1. The number of anilines is 1. The lowest BCUT2D eigenvalue weighted by Gasteiger charge is -2.27. The zero-order valence-electron chi connectivity index (χ0n) is 18.6. The number of nitrogens with zero attached hydrogens (tertiary/aromatic N) is 4. The van der Waals surface area contributed by atoms with E-state index >= 15 is 0 Å². The van der Waals surface area contributed by atoms with Gasteiger partial charge in [-0.25, -0.2) is 4.98 Å². The summed E-state index contributed by atoms with van der Waals surface area (Å²) >= 11 is 0. The van der Waals surface area contributed by atoms with Gasteiger partial charge < -0.3 is 19.2 Å². The maximum atomic E-state index is 13.0. The van der Waals surface area contributed by atoms with Gasteiger partial charge in [-0.05, 0) is 37.6 Å². The van der Waals surface area contributed by atoms with Crippen molar-refractivity contribution in [1.82, 2.24) is 19.8 Å². The molecule has 2 aromatic heterocycles. The lowest BCUT2D eigenvalue weighted by atomic mass is 10.2. The highest BCUT2D eigenvalue weighted by Crippen LogP contribution is 2.27. The van der Waals surface area contributed by atoms with Crippen LogP contribution in [0.2, 0.25) is 0 Å². The minimum atomic E-state index is -0.117. The molecule has 32 heavy (non-hydrogen) atoms. The maximum Gasteiger partial charge on any atom is 0.237 e. The van der Waals surface area contributed by atoms with Gasteiger partial charge in [0.1, 0.15) is 11.3 Å². The summed E-state index contributed by atoms with van der Waals surface area (Å²) in [5, 5.41) is 1.06. The van der Waals surface area contributed by atoms with Crippen LogP contribution in [-0.4, -0.2) is 65.4 Å². The summed E-state index contributed by atoms with van der Waals surface area (Å²) in [7, 11) is 1.86. The fraction of sp³-hybridized carbons (Fsp3) is 0.360. The van der Waals surface area contributed by atoms with Crippen LogP contribution >= 0.6 is 0 Å². The minimum absolute atomic E-state index is 0.107. The first-order valence-electron chi connectivity index (χ1n) is 11.2. The Bertz CT molecular complexity index is 1160.